The Bertz CT molecular complexity index is 612. The molecule has 2 bridgehead atoms. The normalized spacial score (nSPS) is 16.1. The predicted molar refractivity (Wildman–Crippen MR) is 80.1 cm³/mol. The first-order chi connectivity index (χ1) is 9.20. The van der Waals surface area contributed by atoms with Crippen LogP contribution < -0.4 is 9.80 Å². The molecular formula is C15H12Cl2N2. The van der Waals surface area contributed by atoms with Gasteiger partial charge in [0.25, 0.3) is 0 Å². The van der Waals surface area contributed by atoms with Crippen LogP contribution in [0.3, 0.4) is 0 Å². The van der Waals surface area contributed by atoms with Crippen molar-refractivity contribution in [3.8, 4) is 0 Å². The third kappa shape index (κ3) is 1.78. The molecule has 0 atom stereocenters. The molecule has 2 heterocycles. The highest BCUT2D eigenvalue weighted by Crippen LogP contribution is 2.39. The summed E-state index contributed by atoms with van der Waals surface area (Å²) in [6, 6.07) is 12.3. The second kappa shape index (κ2) is 4.06. The highest BCUT2D eigenvalue weighted by molar-refractivity contribution is 6.31. The van der Waals surface area contributed by atoms with Gasteiger partial charge in [0.15, 0.2) is 0 Å². The molecule has 2 aromatic rings. The van der Waals surface area contributed by atoms with E-state index in [9.17, 15) is 0 Å². The standard InChI is InChI=1S/C15H12Cl2N2/c16-12-3-1-10-7-18-9-19(14(10)5-12)8-11-2-4-13(17)6-15(11)18/h1-6H,7-9H2. The van der Waals surface area contributed by atoms with E-state index in [0.29, 0.717) is 0 Å². The van der Waals surface area contributed by atoms with Gasteiger partial charge in [0.05, 0.1) is 6.67 Å². The number of rotatable bonds is 0. The summed E-state index contributed by atoms with van der Waals surface area (Å²) in [4.78, 5) is 4.72. The van der Waals surface area contributed by atoms with E-state index in [1.54, 1.807) is 0 Å². The Morgan fingerprint density at radius 2 is 1.21 bits per heavy atom. The van der Waals surface area contributed by atoms with Crippen LogP contribution in [0.1, 0.15) is 11.1 Å². The number of hydrogen-bond acceptors (Lipinski definition) is 2. The number of nitrogens with zero attached hydrogens (tertiary/aromatic N) is 2. The monoisotopic (exact) mass is 290 g/mol. The topological polar surface area (TPSA) is 6.48 Å². The van der Waals surface area contributed by atoms with Crippen molar-refractivity contribution >= 4 is 34.6 Å². The Hall–Kier alpha value is -1.38. The van der Waals surface area contributed by atoms with E-state index in [4.69, 9.17) is 23.2 Å². The number of fused-ring (bicyclic) bond motifs is 6. The molecule has 0 radical (unpaired) electrons. The van der Waals surface area contributed by atoms with Gasteiger partial charge in [-0.3, -0.25) is 0 Å². The third-order valence-corrected chi connectivity index (χ3v) is 4.31. The van der Waals surface area contributed by atoms with E-state index in [2.05, 4.69) is 34.1 Å². The highest BCUT2D eigenvalue weighted by Gasteiger charge is 2.29. The van der Waals surface area contributed by atoms with Crippen LogP contribution in [-0.2, 0) is 13.1 Å². The van der Waals surface area contributed by atoms with E-state index in [1.807, 2.05) is 12.1 Å². The van der Waals surface area contributed by atoms with Crippen LogP contribution in [0.5, 0.6) is 0 Å². The highest BCUT2D eigenvalue weighted by atomic mass is 35.5. The van der Waals surface area contributed by atoms with Gasteiger partial charge in [0.1, 0.15) is 0 Å². The lowest BCUT2D eigenvalue weighted by atomic mass is 10.0. The van der Waals surface area contributed by atoms with Gasteiger partial charge in [-0.25, -0.2) is 0 Å². The summed E-state index contributed by atoms with van der Waals surface area (Å²) in [6.07, 6.45) is 0. The van der Waals surface area contributed by atoms with E-state index < -0.39 is 0 Å². The van der Waals surface area contributed by atoms with Crippen LogP contribution in [0.2, 0.25) is 10.0 Å². The largest absolute Gasteiger partial charge is 0.349 e. The van der Waals surface area contributed by atoms with Crippen LogP contribution in [0.25, 0.3) is 0 Å². The Morgan fingerprint density at radius 3 is 1.68 bits per heavy atom. The lowest BCUT2D eigenvalue weighted by Crippen LogP contribution is -2.46. The van der Waals surface area contributed by atoms with E-state index in [1.165, 1.54) is 22.5 Å². The molecule has 4 rings (SSSR count). The lowest BCUT2D eigenvalue weighted by Gasteiger charge is -2.44. The molecule has 19 heavy (non-hydrogen) atoms. The minimum Gasteiger partial charge on any atom is -0.349 e. The molecule has 0 N–H and O–H groups in total. The molecule has 4 heteroatoms. The molecule has 0 amide bonds. The van der Waals surface area contributed by atoms with Gasteiger partial charge in [-0.15, -0.1) is 0 Å². The quantitative estimate of drug-likeness (QED) is 0.714. The number of anilines is 2. The van der Waals surface area contributed by atoms with Crippen LogP contribution in [-0.4, -0.2) is 6.67 Å². The summed E-state index contributed by atoms with van der Waals surface area (Å²) in [7, 11) is 0. The summed E-state index contributed by atoms with van der Waals surface area (Å²) in [5, 5.41) is 1.60. The maximum Gasteiger partial charge on any atom is 0.0910 e. The Morgan fingerprint density at radius 1 is 0.737 bits per heavy atom. The maximum absolute atomic E-state index is 6.12. The van der Waals surface area contributed by atoms with Crippen molar-refractivity contribution in [3.63, 3.8) is 0 Å². The number of halogens is 2. The first-order valence-electron chi connectivity index (χ1n) is 6.27. The fourth-order valence-corrected chi connectivity index (χ4v) is 3.30. The molecule has 2 aromatic carbocycles. The molecular weight excluding hydrogens is 279 g/mol. The van der Waals surface area contributed by atoms with Crippen molar-refractivity contribution in [1.82, 2.24) is 0 Å². The lowest BCUT2D eigenvalue weighted by molar-refractivity contribution is 0.651. The molecule has 0 spiro atoms. The molecule has 0 fully saturated rings. The van der Waals surface area contributed by atoms with Gasteiger partial charge in [-0.1, -0.05) is 35.3 Å². The summed E-state index contributed by atoms with van der Waals surface area (Å²) in [6.45, 7) is 2.73. The molecule has 2 nitrogen and oxygen atoms in total. The van der Waals surface area contributed by atoms with Crippen LogP contribution in [0.15, 0.2) is 36.4 Å². The molecule has 0 saturated carbocycles. The summed E-state index contributed by atoms with van der Waals surface area (Å²) < 4.78 is 0. The van der Waals surface area contributed by atoms with Crippen molar-refractivity contribution in [2.24, 2.45) is 0 Å². The molecule has 0 aliphatic carbocycles. The van der Waals surface area contributed by atoms with Gasteiger partial charge in [-0.05, 0) is 35.4 Å². The molecule has 2 aliphatic heterocycles. The van der Waals surface area contributed by atoms with Crippen molar-refractivity contribution in [2.75, 3.05) is 16.5 Å². The van der Waals surface area contributed by atoms with Gasteiger partial charge in [0.2, 0.25) is 0 Å². The zero-order valence-corrected chi connectivity index (χ0v) is 11.7. The molecule has 0 unspecified atom stereocenters. The summed E-state index contributed by atoms with van der Waals surface area (Å²) >= 11 is 12.2. The fourth-order valence-electron chi connectivity index (χ4n) is 2.97. The Balaban J connectivity index is 1.84. The van der Waals surface area contributed by atoms with E-state index in [0.717, 1.165) is 29.8 Å². The second-order valence-corrected chi connectivity index (χ2v) is 5.96. The zero-order chi connectivity index (χ0) is 13.0. The maximum atomic E-state index is 6.12. The average Bonchev–Trinajstić information content (AvgIpc) is 2.41. The van der Waals surface area contributed by atoms with Gasteiger partial charge in [-0.2, -0.15) is 0 Å². The Kier molecular flexibility index (Phi) is 2.44. The first-order valence-corrected chi connectivity index (χ1v) is 7.03. The molecule has 2 aliphatic rings. The van der Waals surface area contributed by atoms with Crippen LogP contribution >= 0.6 is 23.2 Å². The van der Waals surface area contributed by atoms with Crippen LogP contribution in [0.4, 0.5) is 11.4 Å². The van der Waals surface area contributed by atoms with E-state index in [-0.39, 0.29) is 0 Å². The van der Waals surface area contributed by atoms with Crippen molar-refractivity contribution in [2.45, 2.75) is 13.1 Å². The number of hydrogen-bond donors (Lipinski definition) is 0. The summed E-state index contributed by atoms with van der Waals surface area (Å²) in [5.41, 5.74) is 5.15. The molecule has 0 aromatic heterocycles. The predicted octanol–water partition coefficient (Wildman–Crippen LogP) is 4.29. The molecule has 0 saturated heterocycles. The smallest absolute Gasteiger partial charge is 0.0910 e. The van der Waals surface area contributed by atoms with Gasteiger partial charge < -0.3 is 9.80 Å². The van der Waals surface area contributed by atoms with Crippen molar-refractivity contribution in [3.05, 3.63) is 57.6 Å². The van der Waals surface area contributed by atoms with Gasteiger partial charge >= 0.3 is 0 Å². The SMILES string of the molecule is Clc1ccc2c(c1)N1Cc3ccc(Cl)cc3N(C2)C1. The van der Waals surface area contributed by atoms with Gasteiger partial charge in [0, 0.05) is 34.5 Å². The van der Waals surface area contributed by atoms with Crippen LogP contribution in [0, 0.1) is 0 Å². The minimum atomic E-state index is 0.800. The Labute approximate surface area is 122 Å². The summed E-state index contributed by atoms with van der Waals surface area (Å²) in [5.74, 6) is 0. The van der Waals surface area contributed by atoms with E-state index >= 15 is 0 Å². The second-order valence-electron chi connectivity index (χ2n) is 5.08. The third-order valence-electron chi connectivity index (χ3n) is 3.84. The van der Waals surface area contributed by atoms with Crippen molar-refractivity contribution < 1.29 is 0 Å². The van der Waals surface area contributed by atoms with Crippen molar-refractivity contribution in [1.29, 1.82) is 0 Å². The molecule has 96 valence electrons. The average molecular weight is 291 g/mol. The minimum absolute atomic E-state index is 0.800. The fraction of sp³-hybridized carbons (Fsp3) is 0.200. The first kappa shape index (κ1) is 11.4. The zero-order valence-electron chi connectivity index (χ0n) is 10.2. The number of benzene rings is 2.